The lowest BCUT2D eigenvalue weighted by atomic mass is 10.0. The molecule has 1 fully saturated rings. The normalized spacial score (nSPS) is 14.7. The highest BCUT2D eigenvalue weighted by Gasteiger charge is 2.25. The zero-order valence-corrected chi connectivity index (χ0v) is 16.5. The van der Waals surface area contributed by atoms with Gasteiger partial charge in [0, 0.05) is 23.2 Å². The number of nitrogens with one attached hydrogen (secondary N) is 1. The Labute approximate surface area is 166 Å². The third-order valence-electron chi connectivity index (χ3n) is 4.85. The van der Waals surface area contributed by atoms with E-state index in [9.17, 15) is 4.79 Å². The van der Waals surface area contributed by atoms with Crippen molar-refractivity contribution in [1.29, 1.82) is 0 Å². The summed E-state index contributed by atoms with van der Waals surface area (Å²) < 4.78 is 5.88. The predicted molar refractivity (Wildman–Crippen MR) is 109 cm³/mol. The van der Waals surface area contributed by atoms with Gasteiger partial charge in [0.25, 0.3) is 5.91 Å². The Morgan fingerprint density at radius 1 is 1.19 bits per heavy atom. The first-order valence-electron chi connectivity index (χ1n) is 9.66. The fourth-order valence-electron chi connectivity index (χ4n) is 3.49. The summed E-state index contributed by atoms with van der Waals surface area (Å²) in [5, 5.41) is 4.06. The molecule has 5 heteroatoms. The molecule has 2 aromatic carbocycles. The topological polar surface area (TPSA) is 41.6 Å². The van der Waals surface area contributed by atoms with E-state index >= 15 is 0 Å². The van der Waals surface area contributed by atoms with Crippen molar-refractivity contribution >= 4 is 17.5 Å². The van der Waals surface area contributed by atoms with Crippen LogP contribution in [-0.2, 0) is 6.61 Å². The number of carbonyl (C=O) groups excluding carboxylic acids is 1. The molecule has 4 nitrogen and oxygen atoms in total. The second-order valence-electron chi connectivity index (χ2n) is 6.93. The molecule has 0 bridgehead atoms. The van der Waals surface area contributed by atoms with Crippen LogP contribution in [0.1, 0.15) is 42.1 Å². The van der Waals surface area contributed by atoms with Crippen LogP contribution in [0.15, 0.2) is 48.5 Å². The largest absolute Gasteiger partial charge is 0.489 e. The monoisotopic (exact) mass is 386 g/mol. The molecular formula is C22H27ClN2O2. The molecule has 0 atom stereocenters. The van der Waals surface area contributed by atoms with Gasteiger partial charge in [-0.1, -0.05) is 36.7 Å². The van der Waals surface area contributed by atoms with Crippen molar-refractivity contribution in [1.82, 2.24) is 10.2 Å². The van der Waals surface area contributed by atoms with Crippen LogP contribution >= 0.6 is 11.6 Å². The Morgan fingerprint density at radius 3 is 2.70 bits per heavy atom. The van der Waals surface area contributed by atoms with Crippen molar-refractivity contribution in [2.24, 2.45) is 0 Å². The average molecular weight is 387 g/mol. The molecule has 1 aliphatic heterocycles. The molecule has 1 N–H and O–H groups in total. The standard InChI is InChI=1S/C22H27ClN2O2/c1-2-13-25(20-9-11-24-12-10-20)22(26)18-6-4-8-21(15-18)27-16-17-5-3-7-19(23)14-17/h3-8,14-15,20,24H,2,9-13,16H2,1H3. The molecule has 1 aliphatic rings. The molecule has 1 saturated heterocycles. The van der Waals surface area contributed by atoms with Crippen molar-refractivity contribution in [3.8, 4) is 5.75 Å². The predicted octanol–water partition coefficient (Wildman–Crippen LogP) is 4.52. The third-order valence-corrected chi connectivity index (χ3v) is 5.09. The lowest BCUT2D eigenvalue weighted by Crippen LogP contribution is -2.46. The van der Waals surface area contributed by atoms with Crippen LogP contribution in [0.3, 0.4) is 0 Å². The SMILES string of the molecule is CCCN(C(=O)c1cccc(OCc2cccc(Cl)c2)c1)C1CCNCC1. The highest BCUT2D eigenvalue weighted by atomic mass is 35.5. The molecule has 0 aromatic heterocycles. The van der Waals surface area contributed by atoms with Gasteiger partial charge in [-0.15, -0.1) is 0 Å². The van der Waals surface area contributed by atoms with Crippen LogP contribution < -0.4 is 10.1 Å². The zero-order chi connectivity index (χ0) is 19.1. The van der Waals surface area contributed by atoms with Crippen LogP contribution in [0.2, 0.25) is 5.02 Å². The van der Waals surface area contributed by atoms with Gasteiger partial charge in [0.05, 0.1) is 0 Å². The summed E-state index contributed by atoms with van der Waals surface area (Å²) >= 11 is 6.02. The van der Waals surface area contributed by atoms with Crippen molar-refractivity contribution in [2.45, 2.75) is 38.8 Å². The summed E-state index contributed by atoms with van der Waals surface area (Å²) in [5.41, 5.74) is 1.69. The molecule has 0 aliphatic carbocycles. The molecule has 1 amide bonds. The van der Waals surface area contributed by atoms with Gasteiger partial charge < -0.3 is 15.0 Å². The summed E-state index contributed by atoms with van der Waals surface area (Å²) in [7, 11) is 0. The number of carbonyl (C=O) groups is 1. The maximum atomic E-state index is 13.1. The first kappa shape index (κ1) is 19.7. The first-order chi connectivity index (χ1) is 13.2. The Hall–Kier alpha value is -2.04. The summed E-state index contributed by atoms with van der Waals surface area (Å²) in [4.78, 5) is 15.2. The third kappa shape index (κ3) is 5.47. The van der Waals surface area contributed by atoms with Gasteiger partial charge in [-0.2, -0.15) is 0 Å². The lowest BCUT2D eigenvalue weighted by Gasteiger charge is -2.34. The molecule has 1 heterocycles. The minimum Gasteiger partial charge on any atom is -0.489 e. The van der Waals surface area contributed by atoms with Crippen LogP contribution in [0.5, 0.6) is 5.75 Å². The summed E-state index contributed by atoms with van der Waals surface area (Å²) in [5.74, 6) is 0.791. The Balaban J connectivity index is 1.69. The number of piperidine rings is 1. The first-order valence-corrected chi connectivity index (χ1v) is 10.0. The molecule has 27 heavy (non-hydrogen) atoms. The highest BCUT2D eigenvalue weighted by Crippen LogP contribution is 2.21. The second-order valence-corrected chi connectivity index (χ2v) is 7.36. The van der Waals surface area contributed by atoms with Crippen molar-refractivity contribution in [2.75, 3.05) is 19.6 Å². The van der Waals surface area contributed by atoms with E-state index in [0.29, 0.717) is 29.0 Å². The molecule has 3 rings (SSSR count). The fraction of sp³-hybridized carbons (Fsp3) is 0.409. The molecule has 0 spiro atoms. The summed E-state index contributed by atoms with van der Waals surface area (Å²) in [6, 6.07) is 15.4. The number of hydrogen-bond acceptors (Lipinski definition) is 3. The minimum atomic E-state index is 0.0944. The number of hydrogen-bond donors (Lipinski definition) is 1. The van der Waals surface area contributed by atoms with E-state index in [1.807, 2.05) is 53.4 Å². The average Bonchev–Trinajstić information content (AvgIpc) is 2.71. The number of rotatable bonds is 7. The molecule has 0 radical (unpaired) electrons. The maximum absolute atomic E-state index is 13.1. The Kier molecular flexibility index (Phi) is 7.13. The molecule has 0 unspecified atom stereocenters. The Bertz CT molecular complexity index is 759. The fourth-order valence-corrected chi connectivity index (χ4v) is 3.70. The van der Waals surface area contributed by atoms with E-state index in [1.54, 1.807) is 0 Å². The van der Waals surface area contributed by atoms with Crippen molar-refractivity contribution in [3.05, 3.63) is 64.7 Å². The highest BCUT2D eigenvalue weighted by molar-refractivity contribution is 6.30. The van der Waals surface area contributed by atoms with Crippen LogP contribution in [0, 0.1) is 0 Å². The molecule has 144 valence electrons. The van der Waals surface area contributed by atoms with Gasteiger partial charge >= 0.3 is 0 Å². The van der Waals surface area contributed by atoms with Gasteiger partial charge in [-0.05, 0) is 68.2 Å². The quantitative estimate of drug-likeness (QED) is 0.760. The maximum Gasteiger partial charge on any atom is 0.254 e. The van der Waals surface area contributed by atoms with Gasteiger partial charge in [0.15, 0.2) is 0 Å². The van der Waals surface area contributed by atoms with E-state index in [2.05, 4.69) is 12.2 Å². The van der Waals surface area contributed by atoms with Crippen LogP contribution in [-0.4, -0.2) is 36.5 Å². The van der Waals surface area contributed by atoms with E-state index in [4.69, 9.17) is 16.3 Å². The smallest absolute Gasteiger partial charge is 0.254 e. The number of benzene rings is 2. The van der Waals surface area contributed by atoms with Gasteiger partial charge in [-0.25, -0.2) is 0 Å². The summed E-state index contributed by atoms with van der Waals surface area (Å²) in [6.45, 7) is 5.27. The van der Waals surface area contributed by atoms with Crippen molar-refractivity contribution in [3.63, 3.8) is 0 Å². The zero-order valence-electron chi connectivity index (χ0n) is 15.8. The number of amides is 1. The molecule has 0 saturated carbocycles. The van der Waals surface area contributed by atoms with Gasteiger partial charge in [0.1, 0.15) is 12.4 Å². The summed E-state index contributed by atoms with van der Waals surface area (Å²) in [6.07, 6.45) is 2.98. The van der Waals surface area contributed by atoms with Crippen molar-refractivity contribution < 1.29 is 9.53 Å². The number of halogens is 1. The molecule has 2 aromatic rings. The van der Waals surface area contributed by atoms with Gasteiger partial charge in [0.2, 0.25) is 0 Å². The van der Waals surface area contributed by atoms with E-state index in [1.165, 1.54) is 0 Å². The molecular weight excluding hydrogens is 360 g/mol. The van der Waals surface area contributed by atoms with Crippen LogP contribution in [0.25, 0.3) is 0 Å². The van der Waals surface area contributed by atoms with E-state index in [-0.39, 0.29) is 5.91 Å². The van der Waals surface area contributed by atoms with Gasteiger partial charge in [-0.3, -0.25) is 4.79 Å². The van der Waals surface area contributed by atoms with E-state index in [0.717, 1.165) is 44.5 Å². The Morgan fingerprint density at radius 2 is 1.96 bits per heavy atom. The van der Waals surface area contributed by atoms with Crippen LogP contribution in [0.4, 0.5) is 0 Å². The van der Waals surface area contributed by atoms with E-state index < -0.39 is 0 Å². The minimum absolute atomic E-state index is 0.0944. The lowest BCUT2D eigenvalue weighted by molar-refractivity contribution is 0.0642. The number of ether oxygens (including phenoxy) is 1. The second kappa shape index (κ2) is 9.77. The number of nitrogens with zero attached hydrogens (tertiary/aromatic N) is 1.